The second-order valence-corrected chi connectivity index (χ2v) is 7.53. The maximum Gasteiger partial charge on any atom is 0.246 e. The molecule has 0 unspecified atom stereocenters. The summed E-state index contributed by atoms with van der Waals surface area (Å²) in [7, 11) is 0. The molecule has 0 aliphatic rings. The zero-order valence-corrected chi connectivity index (χ0v) is 17.2. The first-order chi connectivity index (χ1) is 13.9. The highest BCUT2D eigenvalue weighted by molar-refractivity contribution is 5.96. The summed E-state index contributed by atoms with van der Waals surface area (Å²) in [6.07, 6.45) is 1.77. The molecule has 5 nitrogen and oxygen atoms in total. The van der Waals surface area contributed by atoms with Crippen molar-refractivity contribution in [2.24, 2.45) is 0 Å². The molecule has 5 heteroatoms. The molecular formula is C24H24N4O. The van der Waals surface area contributed by atoms with Gasteiger partial charge in [0.15, 0.2) is 5.65 Å². The maximum absolute atomic E-state index is 12.7. The van der Waals surface area contributed by atoms with Crippen molar-refractivity contribution in [3.8, 4) is 11.1 Å². The Kier molecular flexibility index (Phi) is 4.89. The van der Waals surface area contributed by atoms with Crippen LogP contribution in [0.2, 0.25) is 0 Å². The first-order valence-corrected chi connectivity index (χ1v) is 9.68. The largest absolute Gasteiger partial charge is 0.324 e. The van der Waals surface area contributed by atoms with Crippen LogP contribution in [0.25, 0.3) is 22.2 Å². The number of fused-ring (bicyclic) bond motifs is 1. The molecule has 146 valence electrons. The zero-order chi connectivity index (χ0) is 20.5. The molecule has 0 atom stereocenters. The van der Waals surface area contributed by atoms with Crippen LogP contribution in [0.15, 0.2) is 54.7 Å². The van der Waals surface area contributed by atoms with Gasteiger partial charge in [0.1, 0.15) is 6.54 Å². The van der Waals surface area contributed by atoms with Crippen molar-refractivity contribution in [3.05, 3.63) is 77.1 Å². The summed E-state index contributed by atoms with van der Waals surface area (Å²) in [4.78, 5) is 17.2. The van der Waals surface area contributed by atoms with E-state index in [0.29, 0.717) is 0 Å². The number of pyridine rings is 1. The van der Waals surface area contributed by atoms with Crippen LogP contribution in [-0.2, 0) is 11.3 Å². The number of rotatable bonds is 4. The van der Waals surface area contributed by atoms with Crippen molar-refractivity contribution in [1.29, 1.82) is 0 Å². The van der Waals surface area contributed by atoms with E-state index >= 15 is 0 Å². The SMILES string of the molecule is Cc1ccc(-c2ccnc3c2c(C)nn3CC(=O)Nc2ccc(C)cc2C)cc1. The summed E-state index contributed by atoms with van der Waals surface area (Å²) >= 11 is 0. The normalized spacial score (nSPS) is 11.0. The molecule has 29 heavy (non-hydrogen) atoms. The second-order valence-electron chi connectivity index (χ2n) is 7.53. The van der Waals surface area contributed by atoms with Crippen LogP contribution in [0.1, 0.15) is 22.4 Å². The van der Waals surface area contributed by atoms with Gasteiger partial charge in [-0.1, -0.05) is 47.5 Å². The molecule has 0 aliphatic heterocycles. The van der Waals surface area contributed by atoms with Crippen LogP contribution >= 0.6 is 0 Å². The van der Waals surface area contributed by atoms with Gasteiger partial charge in [0.05, 0.1) is 5.69 Å². The number of carbonyl (C=O) groups excluding carboxylic acids is 1. The first-order valence-electron chi connectivity index (χ1n) is 9.68. The minimum atomic E-state index is -0.121. The van der Waals surface area contributed by atoms with Gasteiger partial charge < -0.3 is 5.32 Å². The van der Waals surface area contributed by atoms with Crippen molar-refractivity contribution in [1.82, 2.24) is 14.8 Å². The highest BCUT2D eigenvalue weighted by atomic mass is 16.2. The van der Waals surface area contributed by atoms with E-state index in [9.17, 15) is 4.79 Å². The Labute approximate surface area is 170 Å². The predicted octanol–water partition coefficient (Wildman–Crippen LogP) is 4.97. The van der Waals surface area contributed by atoms with Gasteiger partial charge in [-0.25, -0.2) is 9.67 Å². The fourth-order valence-corrected chi connectivity index (χ4v) is 3.65. The van der Waals surface area contributed by atoms with E-state index in [-0.39, 0.29) is 12.5 Å². The number of aromatic nitrogens is 3. The standard InChI is InChI=1S/C24H24N4O/c1-15-5-8-19(9-6-15)20-11-12-25-24-23(20)18(4)27-28(24)14-22(29)26-21-10-7-16(2)13-17(21)3/h5-13H,14H2,1-4H3,(H,26,29). The Morgan fingerprint density at radius 3 is 2.41 bits per heavy atom. The van der Waals surface area contributed by atoms with Crippen LogP contribution in [0, 0.1) is 27.7 Å². The lowest BCUT2D eigenvalue weighted by Crippen LogP contribution is -2.20. The molecule has 2 heterocycles. The molecule has 1 amide bonds. The van der Waals surface area contributed by atoms with Gasteiger partial charge in [0, 0.05) is 17.3 Å². The minimum Gasteiger partial charge on any atom is -0.324 e. The summed E-state index contributed by atoms with van der Waals surface area (Å²) < 4.78 is 1.68. The van der Waals surface area contributed by atoms with Crippen LogP contribution in [0.5, 0.6) is 0 Å². The number of nitrogens with one attached hydrogen (secondary N) is 1. The third kappa shape index (κ3) is 3.76. The Balaban J connectivity index is 1.66. The lowest BCUT2D eigenvalue weighted by molar-refractivity contribution is -0.116. The van der Waals surface area contributed by atoms with Gasteiger partial charge in [-0.05, 0) is 56.5 Å². The van der Waals surface area contributed by atoms with Gasteiger partial charge in [0.2, 0.25) is 5.91 Å². The molecule has 0 spiro atoms. The molecule has 2 aromatic heterocycles. The van der Waals surface area contributed by atoms with Crippen molar-refractivity contribution in [2.75, 3.05) is 5.32 Å². The van der Waals surface area contributed by atoms with E-state index in [1.165, 1.54) is 11.1 Å². The number of amides is 1. The topological polar surface area (TPSA) is 59.8 Å². The Hall–Kier alpha value is -3.47. The summed E-state index contributed by atoms with van der Waals surface area (Å²) in [5, 5.41) is 8.57. The van der Waals surface area contributed by atoms with Gasteiger partial charge in [-0.2, -0.15) is 5.10 Å². The molecular weight excluding hydrogens is 360 g/mol. The van der Waals surface area contributed by atoms with E-state index < -0.39 is 0 Å². The van der Waals surface area contributed by atoms with E-state index in [1.54, 1.807) is 10.9 Å². The van der Waals surface area contributed by atoms with Gasteiger partial charge in [-0.15, -0.1) is 0 Å². The number of benzene rings is 2. The van der Waals surface area contributed by atoms with Crippen LogP contribution in [0.4, 0.5) is 5.69 Å². The maximum atomic E-state index is 12.7. The molecule has 0 radical (unpaired) electrons. The van der Waals surface area contributed by atoms with Crippen LogP contribution in [0.3, 0.4) is 0 Å². The van der Waals surface area contributed by atoms with Crippen molar-refractivity contribution in [2.45, 2.75) is 34.2 Å². The summed E-state index contributed by atoms with van der Waals surface area (Å²) in [5.74, 6) is -0.121. The predicted molar refractivity (Wildman–Crippen MR) is 117 cm³/mol. The van der Waals surface area contributed by atoms with Gasteiger partial charge >= 0.3 is 0 Å². The third-order valence-corrected chi connectivity index (χ3v) is 5.12. The summed E-state index contributed by atoms with van der Waals surface area (Å²) in [5.41, 5.74) is 8.02. The fraction of sp³-hybridized carbons (Fsp3) is 0.208. The van der Waals surface area contributed by atoms with Gasteiger partial charge in [0.25, 0.3) is 0 Å². The molecule has 4 rings (SSSR count). The van der Waals surface area contributed by atoms with Crippen LogP contribution in [-0.4, -0.2) is 20.7 Å². The number of hydrogen-bond donors (Lipinski definition) is 1. The average Bonchev–Trinajstić information content (AvgIpc) is 3.00. The summed E-state index contributed by atoms with van der Waals surface area (Å²) in [6, 6.07) is 16.4. The lowest BCUT2D eigenvalue weighted by atomic mass is 10.0. The number of anilines is 1. The zero-order valence-electron chi connectivity index (χ0n) is 17.2. The fourth-order valence-electron chi connectivity index (χ4n) is 3.65. The molecule has 0 fully saturated rings. The molecule has 0 saturated heterocycles. The molecule has 1 N–H and O–H groups in total. The van der Waals surface area contributed by atoms with E-state index in [0.717, 1.165) is 39.1 Å². The molecule has 0 bridgehead atoms. The molecule has 0 saturated carbocycles. The second kappa shape index (κ2) is 7.51. The first kappa shape index (κ1) is 18.9. The monoisotopic (exact) mass is 384 g/mol. The van der Waals surface area contributed by atoms with Crippen molar-refractivity contribution in [3.63, 3.8) is 0 Å². The van der Waals surface area contributed by atoms with E-state index in [4.69, 9.17) is 0 Å². The van der Waals surface area contributed by atoms with Gasteiger partial charge in [-0.3, -0.25) is 4.79 Å². The summed E-state index contributed by atoms with van der Waals surface area (Å²) in [6.45, 7) is 8.17. The smallest absolute Gasteiger partial charge is 0.246 e. The van der Waals surface area contributed by atoms with E-state index in [1.807, 2.05) is 39.0 Å². The average molecular weight is 384 g/mol. The lowest BCUT2D eigenvalue weighted by Gasteiger charge is -2.10. The third-order valence-electron chi connectivity index (χ3n) is 5.12. The number of aryl methyl sites for hydroxylation is 4. The molecule has 0 aliphatic carbocycles. The van der Waals surface area contributed by atoms with E-state index in [2.05, 4.69) is 52.7 Å². The van der Waals surface area contributed by atoms with Crippen molar-refractivity contribution < 1.29 is 4.79 Å². The number of nitrogens with zero attached hydrogens (tertiary/aromatic N) is 3. The quantitative estimate of drug-likeness (QED) is 0.540. The highest BCUT2D eigenvalue weighted by Crippen LogP contribution is 2.30. The van der Waals surface area contributed by atoms with Crippen LogP contribution < -0.4 is 5.32 Å². The minimum absolute atomic E-state index is 0.113. The number of carbonyl (C=O) groups is 1. The van der Waals surface area contributed by atoms with Crippen molar-refractivity contribution >= 4 is 22.6 Å². The Bertz CT molecular complexity index is 1210. The Morgan fingerprint density at radius 2 is 1.69 bits per heavy atom. The molecule has 2 aromatic carbocycles. The highest BCUT2D eigenvalue weighted by Gasteiger charge is 2.16. The molecule has 4 aromatic rings. The number of hydrogen-bond acceptors (Lipinski definition) is 3. The Morgan fingerprint density at radius 1 is 0.966 bits per heavy atom.